The van der Waals surface area contributed by atoms with Crippen LogP contribution in [-0.4, -0.2) is 34.4 Å². The van der Waals surface area contributed by atoms with Gasteiger partial charge < -0.3 is 9.47 Å². The minimum Gasteiger partial charge on any atom is -0.493 e. The molecule has 0 atom stereocenters. The first-order chi connectivity index (χ1) is 15.9. The number of aromatic nitrogens is 3. The molecule has 0 bridgehead atoms. The third kappa shape index (κ3) is 6.63. The van der Waals surface area contributed by atoms with E-state index in [0.717, 1.165) is 11.1 Å². The second-order valence-electron chi connectivity index (χ2n) is 7.38. The zero-order valence-electron chi connectivity index (χ0n) is 18.6. The van der Waals surface area contributed by atoms with Crippen LogP contribution < -0.4 is 26.1 Å². The Hall–Kier alpha value is -4.21. The molecule has 0 saturated heterocycles. The highest BCUT2D eigenvalue weighted by Crippen LogP contribution is 2.28. The number of benzene rings is 2. The van der Waals surface area contributed by atoms with Crippen molar-refractivity contribution < 1.29 is 14.3 Å². The fourth-order valence-electron chi connectivity index (χ4n) is 3.00. The highest BCUT2D eigenvalue weighted by molar-refractivity contribution is 5.83. The van der Waals surface area contributed by atoms with Crippen LogP contribution in [-0.2, 0) is 17.8 Å². The van der Waals surface area contributed by atoms with Gasteiger partial charge in [-0.05, 0) is 48.7 Å². The van der Waals surface area contributed by atoms with Gasteiger partial charge in [-0.15, -0.1) is 0 Å². The van der Waals surface area contributed by atoms with Crippen LogP contribution >= 0.6 is 0 Å². The summed E-state index contributed by atoms with van der Waals surface area (Å²) in [6, 6.07) is 11.5. The molecule has 33 heavy (non-hydrogen) atoms. The molecule has 0 saturated carbocycles. The van der Waals surface area contributed by atoms with Crippen LogP contribution in [0.1, 0.15) is 34.4 Å². The molecule has 3 rings (SSSR count). The molecule has 0 fully saturated rings. The lowest BCUT2D eigenvalue weighted by atomic mass is 10.1. The van der Waals surface area contributed by atoms with Gasteiger partial charge in [-0.1, -0.05) is 23.8 Å². The van der Waals surface area contributed by atoms with E-state index in [1.165, 1.54) is 11.8 Å². The van der Waals surface area contributed by atoms with E-state index in [4.69, 9.17) is 9.47 Å². The average Bonchev–Trinajstić information content (AvgIpc) is 2.79. The van der Waals surface area contributed by atoms with Gasteiger partial charge in [-0.3, -0.25) is 14.6 Å². The molecular weight excluding hydrogens is 426 g/mol. The molecule has 0 radical (unpaired) electrons. The first-order valence-electron chi connectivity index (χ1n) is 10.2. The minimum absolute atomic E-state index is 0.0199. The molecule has 0 spiro atoms. The van der Waals surface area contributed by atoms with Gasteiger partial charge >= 0.3 is 5.69 Å². The Labute approximate surface area is 189 Å². The lowest BCUT2D eigenvalue weighted by Gasteiger charge is -2.13. The Morgan fingerprint density at radius 3 is 2.73 bits per heavy atom. The molecule has 3 N–H and O–H groups in total. The lowest BCUT2D eigenvalue weighted by Crippen LogP contribution is -2.28. The van der Waals surface area contributed by atoms with E-state index in [-0.39, 0.29) is 18.5 Å². The number of amides is 1. The molecule has 0 unspecified atom stereocenters. The van der Waals surface area contributed by atoms with Crippen LogP contribution in [0.3, 0.4) is 0 Å². The monoisotopic (exact) mass is 451 g/mol. The van der Waals surface area contributed by atoms with Crippen molar-refractivity contribution in [2.75, 3.05) is 7.11 Å². The zero-order valence-corrected chi connectivity index (χ0v) is 18.6. The minimum atomic E-state index is -0.699. The van der Waals surface area contributed by atoms with Gasteiger partial charge in [0.15, 0.2) is 11.5 Å². The SMILES string of the molecule is COc1cc(/C=N/NC(=O)CCc2n[nH]c(=O)[nH]c2=O)ccc1OCc1cc(C)ccc1C. The number of nitrogens with one attached hydrogen (secondary N) is 3. The second-order valence-corrected chi connectivity index (χ2v) is 7.38. The van der Waals surface area contributed by atoms with Gasteiger partial charge in [0.2, 0.25) is 5.91 Å². The summed E-state index contributed by atoms with van der Waals surface area (Å²) in [4.78, 5) is 36.5. The Bertz CT molecular complexity index is 1280. The van der Waals surface area contributed by atoms with Crippen LogP contribution in [0.5, 0.6) is 11.5 Å². The third-order valence-electron chi connectivity index (χ3n) is 4.85. The van der Waals surface area contributed by atoms with Gasteiger partial charge in [0.05, 0.1) is 13.3 Å². The van der Waals surface area contributed by atoms with Crippen LogP contribution in [0.15, 0.2) is 51.1 Å². The second kappa shape index (κ2) is 10.9. The number of methoxy groups -OCH3 is 1. The summed E-state index contributed by atoms with van der Waals surface area (Å²) in [5.74, 6) is 0.733. The maximum absolute atomic E-state index is 12.0. The molecular formula is C23H25N5O5. The average molecular weight is 451 g/mol. The van der Waals surface area contributed by atoms with E-state index >= 15 is 0 Å². The standard InChI is InChI=1S/C23H25N5O5/c1-14-4-5-15(2)17(10-14)13-33-19-8-6-16(11-20(19)32-3)12-24-27-21(29)9-7-18-22(30)25-23(31)28-26-18/h4-6,8,10-12H,7,9,13H2,1-3H3,(H,27,29)(H2,25,28,30,31)/b24-12+. The molecule has 3 aromatic rings. The quantitative estimate of drug-likeness (QED) is 0.335. The van der Waals surface area contributed by atoms with Gasteiger partial charge in [-0.25, -0.2) is 15.3 Å². The van der Waals surface area contributed by atoms with E-state index in [2.05, 4.69) is 43.9 Å². The van der Waals surface area contributed by atoms with Crippen molar-refractivity contribution in [2.24, 2.45) is 5.10 Å². The number of hydrogen-bond acceptors (Lipinski definition) is 7. The molecule has 1 amide bonds. The van der Waals surface area contributed by atoms with Crippen LogP contribution in [0.25, 0.3) is 0 Å². The fourth-order valence-corrected chi connectivity index (χ4v) is 3.00. The van der Waals surface area contributed by atoms with Gasteiger partial charge in [0.25, 0.3) is 5.56 Å². The zero-order chi connectivity index (χ0) is 23.8. The van der Waals surface area contributed by atoms with E-state index in [9.17, 15) is 14.4 Å². The van der Waals surface area contributed by atoms with Crippen molar-refractivity contribution in [2.45, 2.75) is 33.3 Å². The predicted molar refractivity (Wildman–Crippen MR) is 123 cm³/mol. The van der Waals surface area contributed by atoms with E-state index in [1.807, 2.05) is 13.8 Å². The molecule has 2 aromatic carbocycles. The largest absolute Gasteiger partial charge is 0.493 e. The number of nitrogens with zero attached hydrogens (tertiary/aromatic N) is 2. The smallest absolute Gasteiger partial charge is 0.342 e. The Morgan fingerprint density at radius 2 is 1.97 bits per heavy atom. The number of hydrogen-bond donors (Lipinski definition) is 3. The van der Waals surface area contributed by atoms with Crippen molar-refractivity contribution >= 4 is 12.1 Å². The van der Waals surface area contributed by atoms with Gasteiger partial charge in [-0.2, -0.15) is 10.2 Å². The van der Waals surface area contributed by atoms with E-state index in [1.54, 1.807) is 25.3 Å². The number of rotatable bonds is 9. The van der Waals surface area contributed by atoms with Crippen molar-refractivity contribution in [3.8, 4) is 11.5 Å². The summed E-state index contributed by atoms with van der Waals surface area (Å²) in [6.07, 6.45) is 1.52. The first-order valence-corrected chi connectivity index (χ1v) is 10.2. The van der Waals surface area contributed by atoms with Crippen LogP contribution in [0, 0.1) is 13.8 Å². The number of carbonyl (C=O) groups excluding carboxylic acids is 1. The van der Waals surface area contributed by atoms with Crippen LogP contribution in [0.2, 0.25) is 0 Å². The number of carbonyl (C=O) groups is 1. The number of H-pyrrole nitrogens is 2. The Balaban J connectivity index is 1.56. The van der Waals surface area contributed by atoms with Crippen LogP contribution in [0.4, 0.5) is 0 Å². The summed E-state index contributed by atoms with van der Waals surface area (Å²) in [5.41, 5.74) is 5.25. The maximum atomic E-state index is 12.0. The van der Waals surface area contributed by atoms with Crippen molar-refractivity contribution in [1.29, 1.82) is 0 Å². The normalized spacial score (nSPS) is 10.9. The summed E-state index contributed by atoms with van der Waals surface area (Å²) < 4.78 is 11.4. The van der Waals surface area contributed by atoms with E-state index < -0.39 is 17.2 Å². The third-order valence-corrected chi connectivity index (χ3v) is 4.85. The highest BCUT2D eigenvalue weighted by atomic mass is 16.5. The predicted octanol–water partition coefficient (Wildman–Crippen LogP) is 1.75. The molecule has 0 aliphatic carbocycles. The molecule has 0 aliphatic heterocycles. The molecule has 10 nitrogen and oxygen atoms in total. The number of aromatic amines is 2. The number of aryl methyl sites for hydroxylation is 3. The molecule has 1 heterocycles. The Morgan fingerprint density at radius 1 is 1.15 bits per heavy atom. The molecule has 1 aromatic heterocycles. The maximum Gasteiger partial charge on any atom is 0.342 e. The summed E-state index contributed by atoms with van der Waals surface area (Å²) >= 11 is 0. The van der Waals surface area contributed by atoms with Crippen molar-refractivity contribution in [3.63, 3.8) is 0 Å². The van der Waals surface area contributed by atoms with Crippen molar-refractivity contribution in [3.05, 3.63) is 85.2 Å². The summed E-state index contributed by atoms with van der Waals surface area (Å²) in [6.45, 7) is 4.50. The molecule has 0 aliphatic rings. The first kappa shape index (κ1) is 23.5. The molecule has 172 valence electrons. The Kier molecular flexibility index (Phi) is 7.74. The highest BCUT2D eigenvalue weighted by Gasteiger charge is 2.08. The van der Waals surface area contributed by atoms with E-state index in [0.29, 0.717) is 23.7 Å². The number of ether oxygens (including phenoxy) is 2. The van der Waals surface area contributed by atoms with Crippen molar-refractivity contribution in [1.82, 2.24) is 20.6 Å². The van der Waals surface area contributed by atoms with Gasteiger partial charge in [0, 0.05) is 12.8 Å². The summed E-state index contributed by atoms with van der Waals surface area (Å²) in [7, 11) is 1.55. The summed E-state index contributed by atoms with van der Waals surface area (Å²) in [5, 5.41) is 9.67. The molecule has 10 heteroatoms. The fraction of sp³-hybridized carbons (Fsp3) is 0.261. The number of hydrazone groups is 1. The van der Waals surface area contributed by atoms with Gasteiger partial charge in [0.1, 0.15) is 12.3 Å². The lowest BCUT2D eigenvalue weighted by molar-refractivity contribution is -0.121. The topological polar surface area (TPSA) is 139 Å².